The number of benzene rings is 2. The Labute approximate surface area is 259 Å². The third-order valence-electron chi connectivity index (χ3n) is 10.0. The minimum absolute atomic E-state index is 0.163. The van der Waals surface area contributed by atoms with Crippen molar-refractivity contribution in [1.29, 1.82) is 0 Å². The molecule has 2 aromatic carbocycles. The lowest BCUT2D eigenvalue weighted by Crippen LogP contribution is -2.44. The number of carbonyl (C=O) groups is 1. The molecule has 4 aliphatic carbocycles. The monoisotopic (exact) mass is 611 g/mol. The van der Waals surface area contributed by atoms with E-state index in [-0.39, 0.29) is 5.91 Å². The molecule has 4 aliphatic rings. The largest absolute Gasteiger partial charge is 0.351 e. The van der Waals surface area contributed by atoms with E-state index in [1.807, 2.05) is 37.3 Å². The van der Waals surface area contributed by atoms with Crippen LogP contribution >= 0.6 is 34.8 Å². The predicted octanol–water partition coefficient (Wildman–Crippen LogP) is 9.95. The van der Waals surface area contributed by atoms with E-state index < -0.39 is 0 Å². The summed E-state index contributed by atoms with van der Waals surface area (Å²) in [6.07, 6.45) is 15.2. The van der Waals surface area contributed by atoms with Crippen molar-refractivity contribution < 1.29 is 4.79 Å². The van der Waals surface area contributed by atoms with Crippen LogP contribution in [0.2, 0.25) is 15.1 Å². The average molecular weight is 613 g/mol. The van der Waals surface area contributed by atoms with E-state index in [1.54, 1.807) is 16.8 Å². The maximum Gasteiger partial charge on any atom is 0.272 e. The average Bonchev–Trinajstić information content (AvgIpc) is 3.28. The minimum atomic E-state index is -0.163. The molecular formula is C34H40Cl3N3O. The maximum absolute atomic E-state index is 13.3. The summed E-state index contributed by atoms with van der Waals surface area (Å²) < 4.78 is 1.73. The van der Waals surface area contributed by atoms with Gasteiger partial charge in [0.1, 0.15) is 0 Å². The summed E-state index contributed by atoms with van der Waals surface area (Å²) in [5.74, 6) is 5.09. The van der Waals surface area contributed by atoms with Crippen LogP contribution in [0.25, 0.3) is 16.9 Å². The molecule has 0 aliphatic heterocycles. The number of hydrogen-bond donors (Lipinski definition) is 1. The highest BCUT2D eigenvalue weighted by Gasteiger charge is 2.47. The molecule has 1 amide bonds. The molecule has 218 valence electrons. The normalized spacial score (nSPS) is 24.6. The first-order valence-electron chi connectivity index (χ1n) is 15.5. The Balaban J connectivity index is 1.02. The zero-order chi connectivity index (χ0) is 28.5. The van der Waals surface area contributed by atoms with Gasteiger partial charge in [-0.15, -0.1) is 0 Å². The van der Waals surface area contributed by atoms with Gasteiger partial charge in [0, 0.05) is 27.7 Å². The van der Waals surface area contributed by atoms with E-state index in [1.165, 1.54) is 57.8 Å². The van der Waals surface area contributed by atoms with Gasteiger partial charge in [0.25, 0.3) is 5.91 Å². The van der Waals surface area contributed by atoms with Crippen LogP contribution in [0.5, 0.6) is 0 Å². The van der Waals surface area contributed by atoms with Gasteiger partial charge in [-0.25, -0.2) is 4.68 Å². The molecule has 4 nitrogen and oxygen atoms in total. The molecular weight excluding hydrogens is 573 g/mol. The van der Waals surface area contributed by atoms with Gasteiger partial charge in [0.15, 0.2) is 5.69 Å². The van der Waals surface area contributed by atoms with Gasteiger partial charge in [-0.05, 0) is 112 Å². The Morgan fingerprint density at radius 2 is 1.49 bits per heavy atom. The number of unbranched alkanes of at least 4 members (excludes halogenated alkanes) is 4. The fourth-order valence-electron chi connectivity index (χ4n) is 8.32. The van der Waals surface area contributed by atoms with Crippen LogP contribution < -0.4 is 5.32 Å². The fraction of sp³-hybridized carbons (Fsp3) is 0.529. The van der Waals surface area contributed by atoms with Gasteiger partial charge in [-0.1, -0.05) is 72.6 Å². The van der Waals surface area contributed by atoms with Gasteiger partial charge >= 0.3 is 0 Å². The van der Waals surface area contributed by atoms with Gasteiger partial charge in [0.05, 0.1) is 16.4 Å². The van der Waals surface area contributed by atoms with Crippen LogP contribution in [0.4, 0.5) is 0 Å². The lowest BCUT2D eigenvalue weighted by molar-refractivity contribution is -0.0404. The third-order valence-corrected chi connectivity index (χ3v) is 10.8. The molecule has 4 fully saturated rings. The van der Waals surface area contributed by atoms with Crippen LogP contribution in [0.1, 0.15) is 86.7 Å². The number of hydrogen-bond acceptors (Lipinski definition) is 2. The van der Waals surface area contributed by atoms with Gasteiger partial charge < -0.3 is 5.32 Å². The third kappa shape index (κ3) is 6.36. The van der Waals surface area contributed by atoms with Crippen LogP contribution in [0.3, 0.4) is 0 Å². The van der Waals surface area contributed by atoms with Crippen LogP contribution in [0, 0.1) is 36.5 Å². The van der Waals surface area contributed by atoms with Gasteiger partial charge in [0.2, 0.25) is 0 Å². The second kappa shape index (κ2) is 12.7. The number of nitrogens with zero attached hydrogens (tertiary/aromatic N) is 2. The van der Waals surface area contributed by atoms with Crippen LogP contribution in [0.15, 0.2) is 42.5 Å². The van der Waals surface area contributed by atoms with Crippen LogP contribution in [-0.2, 0) is 0 Å². The lowest BCUT2D eigenvalue weighted by atomic mass is 9.51. The first-order chi connectivity index (χ1) is 19.9. The molecule has 0 saturated heterocycles. The van der Waals surface area contributed by atoms with Crippen molar-refractivity contribution >= 4 is 40.7 Å². The van der Waals surface area contributed by atoms with Gasteiger partial charge in [-0.2, -0.15) is 5.10 Å². The molecule has 1 N–H and O–H groups in total. The summed E-state index contributed by atoms with van der Waals surface area (Å²) in [7, 11) is 0. The number of amides is 1. The zero-order valence-electron chi connectivity index (χ0n) is 23.9. The molecule has 41 heavy (non-hydrogen) atoms. The van der Waals surface area contributed by atoms with Crippen molar-refractivity contribution in [3.63, 3.8) is 0 Å². The smallest absolute Gasteiger partial charge is 0.272 e. The topological polar surface area (TPSA) is 46.9 Å². The zero-order valence-corrected chi connectivity index (χ0v) is 26.1. The second-order valence-electron chi connectivity index (χ2n) is 12.7. The number of halogens is 3. The molecule has 4 bridgehead atoms. The van der Waals surface area contributed by atoms with E-state index in [0.29, 0.717) is 33.0 Å². The van der Waals surface area contributed by atoms with Crippen molar-refractivity contribution in [3.8, 4) is 16.9 Å². The van der Waals surface area contributed by atoms with E-state index in [0.717, 1.165) is 59.3 Å². The van der Waals surface area contributed by atoms with Crippen molar-refractivity contribution in [2.75, 3.05) is 6.54 Å². The van der Waals surface area contributed by atoms with E-state index >= 15 is 0 Å². The minimum Gasteiger partial charge on any atom is -0.351 e. The molecule has 1 heterocycles. The van der Waals surface area contributed by atoms with E-state index in [4.69, 9.17) is 39.9 Å². The number of carbonyl (C=O) groups excluding carboxylic acids is 1. The van der Waals surface area contributed by atoms with Crippen molar-refractivity contribution in [1.82, 2.24) is 15.1 Å². The molecule has 7 rings (SSSR count). The lowest BCUT2D eigenvalue weighted by Gasteiger charge is -2.54. The highest BCUT2D eigenvalue weighted by molar-refractivity contribution is 6.35. The summed E-state index contributed by atoms with van der Waals surface area (Å²) in [6.45, 7) is 2.58. The van der Waals surface area contributed by atoms with Crippen LogP contribution in [-0.4, -0.2) is 22.2 Å². The summed E-state index contributed by atoms with van der Waals surface area (Å²) in [4.78, 5) is 13.3. The van der Waals surface area contributed by atoms with E-state index in [2.05, 4.69) is 5.32 Å². The summed E-state index contributed by atoms with van der Waals surface area (Å²) >= 11 is 18.8. The first-order valence-corrected chi connectivity index (χ1v) is 16.6. The van der Waals surface area contributed by atoms with Gasteiger partial charge in [-0.3, -0.25) is 4.79 Å². The first kappa shape index (κ1) is 29.1. The molecule has 0 atom stereocenters. The molecule has 1 aromatic heterocycles. The van der Waals surface area contributed by atoms with E-state index in [9.17, 15) is 4.79 Å². The Hall–Kier alpha value is -2.01. The molecule has 3 aromatic rings. The highest BCUT2D eigenvalue weighted by atomic mass is 35.5. The van der Waals surface area contributed by atoms with Crippen molar-refractivity contribution in [2.45, 2.75) is 77.6 Å². The number of rotatable bonds is 11. The highest BCUT2D eigenvalue weighted by Crippen LogP contribution is 2.57. The van der Waals surface area contributed by atoms with Crippen molar-refractivity contribution in [3.05, 3.63) is 68.8 Å². The quantitative estimate of drug-likeness (QED) is 0.219. The molecule has 0 spiro atoms. The molecule has 0 unspecified atom stereocenters. The molecule has 4 saturated carbocycles. The Morgan fingerprint density at radius 3 is 2.17 bits per heavy atom. The number of aromatic nitrogens is 2. The summed E-state index contributed by atoms with van der Waals surface area (Å²) in [5, 5.41) is 9.48. The molecule has 0 radical (unpaired) electrons. The second-order valence-corrected chi connectivity index (χ2v) is 14.0. The molecule has 7 heteroatoms. The summed E-state index contributed by atoms with van der Waals surface area (Å²) in [5.41, 5.74) is 3.56. The maximum atomic E-state index is 13.3. The standard InChI is InChI=1S/C34H40Cl3N3O/c1-21-32(39-40(31-13-12-28(36)20-30(31)37)33(21)24-8-10-27(35)11-9-24)34(41)38-14-6-4-2-3-5-7-29-25-16-22-15-23(18-25)19-26(29)17-22/h8-13,20,22-23,25-26,29H,2-7,14-19H2,1H3,(H,38,41). The Morgan fingerprint density at radius 1 is 0.854 bits per heavy atom. The van der Waals surface area contributed by atoms with Crippen molar-refractivity contribution in [2.24, 2.45) is 29.6 Å². The Kier molecular flexibility index (Phi) is 9.00. The summed E-state index contributed by atoms with van der Waals surface area (Å²) in [6, 6.07) is 12.8. The number of nitrogens with one attached hydrogen (secondary N) is 1. The SMILES string of the molecule is Cc1c(C(=O)NCCCCCCCC2C3CC4CC(C3)CC2C4)nn(-c2ccc(Cl)cc2Cl)c1-c1ccc(Cl)cc1. The predicted molar refractivity (Wildman–Crippen MR) is 169 cm³/mol. The fourth-order valence-corrected chi connectivity index (χ4v) is 8.93. The Bertz CT molecular complexity index is 1350.